The number of benzene rings is 2. The fourth-order valence-corrected chi connectivity index (χ4v) is 7.66. The van der Waals surface area contributed by atoms with Gasteiger partial charge in [0.25, 0.3) is 17.4 Å². The zero-order valence-electron chi connectivity index (χ0n) is 32.7. The van der Waals surface area contributed by atoms with Crippen LogP contribution in [0.25, 0.3) is 21.9 Å². The first kappa shape index (κ1) is 38.2. The minimum atomic E-state index is -1.02. The number of carbonyl (C=O) groups excluding carboxylic acids is 4. The molecule has 56 heavy (non-hydrogen) atoms. The third kappa shape index (κ3) is 7.00. The highest BCUT2D eigenvalue weighted by molar-refractivity contribution is 6.23. The normalized spacial score (nSPS) is 17.8. The molecule has 3 aliphatic heterocycles. The molecule has 14 heteroatoms. The molecule has 14 nitrogen and oxygen atoms in total. The maximum Gasteiger partial charge on any atom is 0.262 e. The van der Waals surface area contributed by atoms with Crippen LogP contribution in [0.5, 0.6) is 11.5 Å². The van der Waals surface area contributed by atoms with Gasteiger partial charge in [0.1, 0.15) is 23.4 Å². The Hall–Kier alpha value is -6.04. The molecule has 0 radical (unpaired) electrons. The molecule has 3 aliphatic rings. The average molecular weight is 760 g/mol. The Labute approximate surface area is 325 Å². The standard InChI is InChI=1S/C42H45N7O7/c1-42(2,13-12-25-8-9-27-29(18-25)41(54)49(40(27)53)33-10-11-37(50)44-38(33)51)48-16-14-47(15-17-48)24-32-34(55-6)19-26(20-35(32)56-7)31-23-46(5)39(52)30-22-43-36(45(3)4)21-28(30)31/h8-9,18-23,33H,10-11,14-17,24H2,1-7H3,(H,44,50,51). The van der Waals surface area contributed by atoms with E-state index in [0.29, 0.717) is 29.0 Å². The zero-order valence-corrected chi connectivity index (χ0v) is 32.7. The fourth-order valence-electron chi connectivity index (χ4n) is 7.66. The lowest BCUT2D eigenvalue weighted by atomic mass is 9.98. The highest BCUT2D eigenvalue weighted by Crippen LogP contribution is 2.38. The summed E-state index contributed by atoms with van der Waals surface area (Å²) in [5, 5.41) is 3.54. The van der Waals surface area contributed by atoms with E-state index in [0.717, 1.165) is 59.0 Å². The first-order valence-corrected chi connectivity index (χ1v) is 18.5. The molecule has 2 saturated heterocycles. The molecule has 0 spiro atoms. The molecule has 4 amide bonds. The Morgan fingerprint density at radius 3 is 2.21 bits per heavy atom. The van der Waals surface area contributed by atoms with Crippen molar-refractivity contribution in [3.63, 3.8) is 0 Å². The molecule has 2 aromatic carbocycles. The molecular formula is C42H45N7O7. The van der Waals surface area contributed by atoms with Crippen molar-refractivity contribution in [3.8, 4) is 34.5 Å². The number of aryl methyl sites for hydroxylation is 1. The Kier molecular flexibility index (Phi) is 10.2. The Morgan fingerprint density at radius 1 is 0.893 bits per heavy atom. The van der Waals surface area contributed by atoms with Crippen LogP contribution in [0.15, 0.2) is 53.6 Å². The van der Waals surface area contributed by atoms with Crippen molar-refractivity contribution in [2.24, 2.45) is 7.05 Å². The molecule has 0 aliphatic carbocycles. The van der Waals surface area contributed by atoms with Crippen LogP contribution >= 0.6 is 0 Å². The summed E-state index contributed by atoms with van der Waals surface area (Å²) in [5.74, 6) is 6.55. The third-order valence-electron chi connectivity index (χ3n) is 10.9. The molecule has 7 rings (SSSR count). The molecule has 2 fully saturated rings. The van der Waals surface area contributed by atoms with E-state index in [9.17, 15) is 24.0 Å². The second kappa shape index (κ2) is 14.9. The van der Waals surface area contributed by atoms with Gasteiger partial charge in [-0.15, -0.1) is 0 Å². The lowest BCUT2D eigenvalue weighted by molar-refractivity contribution is -0.136. The predicted octanol–water partition coefficient (Wildman–Crippen LogP) is 3.03. The number of rotatable bonds is 8. The topological polar surface area (TPSA) is 147 Å². The van der Waals surface area contributed by atoms with Crippen LogP contribution in [-0.2, 0) is 23.2 Å². The van der Waals surface area contributed by atoms with Gasteiger partial charge in [-0.2, -0.15) is 0 Å². The third-order valence-corrected chi connectivity index (χ3v) is 10.9. The smallest absolute Gasteiger partial charge is 0.262 e. The number of methoxy groups -OCH3 is 2. The van der Waals surface area contributed by atoms with Gasteiger partial charge in [-0.25, -0.2) is 4.98 Å². The molecule has 0 saturated carbocycles. The van der Waals surface area contributed by atoms with Gasteiger partial charge in [-0.3, -0.25) is 44.0 Å². The van der Waals surface area contributed by atoms with Crippen LogP contribution in [0.4, 0.5) is 5.82 Å². The molecule has 0 bridgehead atoms. The van der Waals surface area contributed by atoms with Gasteiger partial charge in [-0.1, -0.05) is 11.8 Å². The van der Waals surface area contributed by atoms with Crippen molar-refractivity contribution in [1.82, 2.24) is 29.6 Å². The van der Waals surface area contributed by atoms with Crippen molar-refractivity contribution < 1.29 is 28.7 Å². The molecule has 1 N–H and O–H groups in total. The van der Waals surface area contributed by atoms with E-state index >= 15 is 0 Å². The van der Waals surface area contributed by atoms with Crippen molar-refractivity contribution in [3.05, 3.63) is 81.4 Å². The molecule has 1 atom stereocenters. The van der Waals surface area contributed by atoms with Crippen molar-refractivity contribution in [2.75, 3.05) is 59.4 Å². The van der Waals surface area contributed by atoms with Crippen LogP contribution in [0.2, 0.25) is 0 Å². The van der Waals surface area contributed by atoms with Gasteiger partial charge in [0.15, 0.2) is 0 Å². The van der Waals surface area contributed by atoms with E-state index in [1.807, 2.05) is 43.4 Å². The van der Waals surface area contributed by atoms with Crippen molar-refractivity contribution >= 4 is 40.2 Å². The van der Waals surface area contributed by atoms with Crippen molar-refractivity contribution in [2.45, 2.75) is 44.8 Å². The largest absolute Gasteiger partial charge is 0.496 e. The minimum Gasteiger partial charge on any atom is -0.496 e. The SMILES string of the molecule is COc1cc(-c2cn(C)c(=O)c3cnc(N(C)C)cc23)cc(OC)c1CN1CCN(C(C)(C)C#Cc2ccc3c(c2)C(=O)N(C2CCC(=O)NC2=O)C3=O)CC1. The second-order valence-corrected chi connectivity index (χ2v) is 15.1. The maximum absolute atomic E-state index is 13.3. The minimum absolute atomic E-state index is 0.0629. The highest BCUT2D eigenvalue weighted by Gasteiger charge is 2.44. The number of aromatic nitrogens is 2. The van der Waals surface area contributed by atoms with Crippen molar-refractivity contribution in [1.29, 1.82) is 0 Å². The predicted molar refractivity (Wildman–Crippen MR) is 211 cm³/mol. The number of ether oxygens (including phenoxy) is 2. The number of piperazine rings is 1. The average Bonchev–Trinajstić information content (AvgIpc) is 3.43. The van der Waals surface area contributed by atoms with Gasteiger partial charge < -0.3 is 18.9 Å². The number of fused-ring (bicyclic) bond motifs is 2. The molecule has 290 valence electrons. The van der Waals surface area contributed by atoms with Crippen LogP contribution < -0.4 is 25.2 Å². The first-order chi connectivity index (χ1) is 26.7. The van der Waals surface area contributed by atoms with Crippen LogP contribution in [0.3, 0.4) is 0 Å². The molecular weight excluding hydrogens is 715 g/mol. The zero-order chi connectivity index (χ0) is 40.1. The summed E-state index contributed by atoms with van der Waals surface area (Å²) in [6.45, 7) is 7.80. The number of nitrogens with one attached hydrogen (secondary N) is 1. The number of nitrogens with zero attached hydrogens (tertiary/aromatic N) is 6. The number of imide groups is 2. The van der Waals surface area contributed by atoms with Crippen LogP contribution in [0.1, 0.15) is 58.5 Å². The molecule has 1 unspecified atom stereocenters. The summed E-state index contributed by atoms with van der Waals surface area (Å²) in [5.41, 5.74) is 3.04. The number of pyridine rings is 2. The van der Waals surface area contributed by atoms with Gasteiger partial charge >= 0.3 is 0 Å². The lowest BCUT2D eigenvalue weighted by Crippen LogP contribution is -2.54. The summed E-state index contributed by atoms with van der Waals surface area (Å²) in [4.78, 5) is 75.5. The van der Waals surface area contributed by atoms with Gasteiger partial charge in [0.2, 0.25) is 11.8 Å². The summed E-state index contributed by atoms with van der Waals surface area (Å²) < 4.78 is 13.5. The van der Waals surface area contributed by atoms with Gasteiger partial charge in [-0.05, 0) is 62.2 Å². The lowest BCUT2D eigenvalue weighted by Gasteiger charge is -2.41. The van der Waals surface area contributed by atoms with E-state index < -0.39 is 35.2 Å². The first-order valence-electron chi connectivity index (χ1n) is 18.5. The van der Waals surface area contributed by atoms with Gasteiger partial charge in [0.05, 0.1) is 41.8 Å². The molecule has 2 aromatic heterocycles. The summed E-state index contributed by atoms with van der Waals surface area (Å²) in [6.07, 6.45) is 3.63. The van der Waals surface area contributed by atoms with E-state index in [1.165, 1.54) is 0 Å². The fraction of sp³-hybridized carbons (Fsp3) is 0.381. The number of hydrogen-bond donors (Lipinski definition) is 1. The van der Waals surface area contributed by atoms with E-state index in [2.05, 4.69) is 45.8 Å². The van der Waals surface area contributed by atoms with Gasteiger partial charge in [0, 0.05) is 89.2 Å². The summed E-state index contributed by atoms with van der Waals surface area (Å²) in [7, 11) is 8.86. The Bertz CT molecular complexity index is 2390. The van der Waals surface area contributed by atoms with E-state index in [1.54, 1.807) is 50.2 Å². The van der Waals surface area contributed by atoms with Crippen LogP contribution in [0, 0.1) is 11.8 Å². The Balaban J connectivity index is 1.05. The molecule has 4 aromatic rings. The van der Waals surface area contributed by atoms with Crippen LogP contribution in [-0.4, -0.2) is 114 Å². The second-order valence-electron chi connectivity index (χ2n) is 15.1. The summed E-state index contributed by atoms with van der Waals surface area (Å²) >= 11 is 0. The highest BCUT2D eigenvalue weighted by atomic mass is 16.5. The Morgan fingerprint density at radius 2 is 1.57 bits per heavy atom. The number of hydrogen-bond acceptors (Lipinski definition) is 11. The maximum atomic E-state index is 13.3. The number of anilines is 1. The quantitative estimate of drug-likeness (QED) is 0.209. The number of carbonyl (C=O) groups is 4. The van der Waals surface area contributed by atoms with E-state index in [-0.39, 0.29) is 29.5 Å². The number of amides is 4. The van der Waals surface area contributed by atoms with E-state index in [4.69, 9.17) is 9.47 Å². The monoisotopic (exact) mass is 759 g/mol. The summed E-state index contributed by atoms with van der Waals surface area (Å²) in [6, 6.07) is 9.80. The number of piperidine rings is 1. The molecule has 5 heterocycles.